The third kappa shape index (κ3) is 17.1. The van der Waals surface area contributed by atoms with Gasteiger partial charge in [-0.3, -0.25) is 14.4 Å². The van der Waals surface area contributed by atoms with E-state index in [1.165, 1.54) is 18.2 Å². The van der Waals surface area contributed by atoms with Crippen molar-refractivity contribution in [2.75, 3.05) is 22.6 Å². The molecule has 0 bridgehead atoms. The average Bonchev–Trinajstić information content (AvgIpc) is 3.36. The molecule has 6 rings (SSSR count). The quantitative estimate of drug-likeness (QED) is 0.0515. The van der Waals surface area contributed by atoms with Crippen LogP contribution in [-0.4, -0.2) is 51.9 Å². The Morgan fingerprint density at radius 2 is 0.840 bits per heavy atom. The molecule has 12 nitrogen and oxygen atoms in total. The number of aromatic hydroxyl groups is 3. The van der Waals surface area contributed by atoms with Crippen molar-refractivity contribution in [2.45, 2.75) is 114 Å². The van der Waals surface area contributed by atoms with Gasteiger partial charge in [-0.2, -0.15) is 0 Å². The van der Waals surface area contributed by atoms with Crippen LogP contribution in [0, 0.1) is 62.3 Å². The molecule has 0 aliphatic rings. The van der Waals surface area contributed by atoms with Crippen LogP contribution in [0.2, 0.25) is 30.1 Å². The summed E-state index contributed by atoms with van der Waals surface area (Å²) in [5.41, 5.74) is 8.38. The van der Waals surface area contributed by atoms with E-state index in [4.69, 9.17) is 83.8 Å². The number of nitrogens with one attached hydrogen (secondary N) is 3. The van der Waals surface area contributed by atoms with Gasteiger partial charge in [-0.1, -0.05) is 143 Å². The highest BCUT2D eigenvalue weighted by molar-refractivity contribution is 6.39. The summed E-state index contributed by atoms with van der Waals surface area (Å²) in [5, 5.41) is 39.6. The van der Waals surface area contributed by atoms with Gasteiger partial charge >= 0.3 is 0 Å². The number of ether oxygens (including phenoxy) is 3. The monoisotopic (exact) mass is 1140 g/mol. The predicted molar refractivity (Wildman–Crippen MR) is 306 cm³/mol. The highest BCUT2D eigenvalue weighted by Gasteiger charge is 2.25. The second kappa shape index (κ2) is 28.4. The zero-order valence-electron chi connectivity index (χ0n) is 43.7. The molecule has 75 heavy (non-hydrogen) atoms. The molecular formula is C57H63Cl6N3O9. The summed E-state index contributed by atoms with van der Waals surface area (Å²) in [4.78, 5) is 37.4. The summed E-state index contributed by atoms with van der Waals surface area (Å²) in [6, 6.07) is 21.7. The standard InChI is InChI=1S/C21H25Cl2NO3.C19H21Cl2NO3.C17H17Cl2NO3/c1-5-6-7-18(27-17-9-8-12(2)10-13(17)3)21(26)24-16-11-15(22)14(4)19(23)20(16)25;1-5-15(25-16-7-6-10(2)8-11(16)3)19(24)22-14-9-13(20)12(4)17(21)18(14)23;1-9-4-5-14(10(2)6-9)23-8-15(21)20-13-7-12(18)11(3)16(19)17(13)22/h8-11,18,25H,5-7H2,1-4H3,(H,24,26);6-9,15,23H,5H2,1-4H3,(H,22,24);4-7,22H,8H2,1-3H3,(H,20,21). The Balaban J connectivity index is 0.000000244. The SMILES string of the molecule is CCC(Oc1ccc(C)cc1C)C(=O)Nc1cc(Cl)c(C)c(Cl)c1O.CCCCC(Oc1ccc(C)cc1C)C(=O)Nc1cc(Cl)c(C)c(Cl)c1O.Cc1ccc(OCC(=O)Nc2cc(Cl)c(C)c(Cl)c2O)c(C)c1. The number of phenolic OH excluding ortho intramolecular Hbond substituents is 3. The molecule has 3 amide bonds. The first-order valence-electron chi connectivity index (χ1n) is 23.9. The van der Waals surface area contributed by atoms with Crippen molar-refractivity contribution >= 4 is 104 Å². The van der Waals surface area contributed by atoms with Crippen molar-refractivity contribution in [1.82, 2.24) is 0 Å². The van der Waals surface area contributed by atoms with E-state index in [1.54, 1.807) is 20.8 Å². The minimum atomic E-state index is -0.709. The highest BCUT2D eigenvalue weighted by Crippen LogP contribution is 2.41. The lowest BCUT2D eigenvalue weighted by Gasteiger charge is -2.21. The van der Waals surface area contributed by atoms with Crippen LogP contribution in [0.15, 0.2) is 72.8 Å². The van der Waals surface area contributed by atoms with Crippen LogP contribution in [0.4, 0.5) is 17.1 Å². The van der Waals surface area contributed by atoms with E-state index < -0.39 is 18.1 Å². The predicted octanol–water partition coefficient (Wildman–Crippen LogP) is 16.3. The molecule has 0 aliphatic carbocycles. The van der Waals surface area contributed by atoms with Crippen LogP contribution in [0.3, 0.4) is 0 Å². The molecule has 0 saturated carbocycles. The number of hydrogen-bond donors (Lipinski definition) is 6. The van der Waals surface area contributed by atoms with E-state index in [1.807, 2.05) is 103 Å². The summed E-state index contributed by atoms with van der Waals surface area (Å²) in [5.74, 6) is 0.173. The molecule has 2 unspecified atom stereocenters. The smallest absolute Gasteiger partial charge is 0.265 e. The van der Waals surface area contributed by atoms with E-state index in [2.05, 4.69) is 22.9 Å². The summed E-state index contributed by atoms with van der Waals surface area (Å²) in [7, 11) is 0. The summed E-state index contributed by atoms with van der Waals surface area (Å²) in [6.45, 7) is 20.5. The number of rotatable bonds is 16. The summed E-state index contributed by atoms with van der Waals surface area (Å²) >= 11 is 36.3. The molecule has 0 saturated heterocycles. The lowest BCUT2D eigenvalue weighted by molar-refractivity contribution is -0.123. The Morgan fingerprint density at radius 3 is 1.20 bits per heavy atom. The fourth-order valence-electron chi connectivity index (χ4n) is 7.24. The number of phenols is 3. The van der Waals surface area contributed by atoms with Crippen molar-refractivity contribution in [3.63, 3.8) is 0 Å². The van der Waals surface area contributed by atoms with Crippen molar-refractivity contribution in [3.8, 4) is 34.5 Å². The molecule has 0 heterocycles. The van der Waals surface area contributed by atoms with Gasteiger partial charge in [0.1, 0.15) is 17.2 Å². The van der Waals surface area contributed by atoms with E-state index in [9.17, 15) is 29.7 Å². The molecule has 0 fully saturated rings. The first-order chi connectivity index (χ1) is 35.3. The molecule has 0 spiro atoms. The summed E-state index contributed by atoms with van der Waals surface area (Å²) < 4.78 is 17.3. The first-order valence-corrected chi connectivity index (χ1v) is 26.2. The van der Waals surface area contributed by atoms with Gasteiger partial charge in [-0.25, -0.2) is 0 Å². The Kier molecular flexibility index (Phi) is 23.4. The minimum absolute atomic E-state index is 0.114. The number of carbonyl (C=O) groups excluding carboxylic acids is 3. The molecule has 0 radical (unpaired) electrons. The number of aryl methyl sites for hydroxylation is 6. The van der Waals surface area contributed by atoms with Crippen molar-refractivity contribution in [2.24, 2.45) is 0 Å². The molecule has 6 aromatic carbocycles. The zero-order chi connectivity index (χ0) is 56.0. The third-order valence-corrected chi connectivity index (χ3v) is 14.3. The Morgan fingerprint density at radius 1 is 0.493 bits per heavy atom. The number of anilines is 3. The maximum Gasteiger partial charge on any atom is 0.265 e. The maximum absolute atomic E-state index is 12.8. The van der Waals surface area contributed by atoms with E-state index in [0.29, 0.717) is 61.8 Å². The second-order valence-electron chi connectivity index (χ2n) is 18.0. The van der Waals surface area contributed by atoms with E-state index in [0.717, 1.165) is 46.2 Å². The zero-order valence-corrected chi connectivity index (χ0v) is 48.2. The number of carbonyl (C=O) groups is 3. The second-order valence-corrected chi connectivity index (χ2v) is 20.3. The molecule has 402 valence electrons. The van der Waals surface area contributed by atoms with Gasteiger partial charge in [-0.15, -0.1) is 0 Å². The molecule has 0 aliphatic heterocycles. The number of halogens is 6. The molecule has 6 N–H and O–H groups in total. The lowest BCUT2D eigenvalue weighted by Crippen LogP contribution is -2.33. The van der Waals surface area contributed by atoms with E-state index in [-0.39, 0.29) is 67.8 Å². The van der Waals surface area contributed by atoms with Gasteiger partial charge in [0, 0.05) is 15.1 Å². The number of unbranched alkanes of at least 4 members (excludes halogenated alkanes) is 1. The van der Waals surface area contributed by atoms with Crippen LogP contribution < -0.4 is 30.2 Å². The minimum Gasteiger partial charge on any atom is -0.504 e. The van der Waals surface area contributed by atoms with Crippen LogP contribution >= 0.6 is 69.6 Å². The van der Waals surface area contributed by atoms with Crippen molar-refractivity contribution in [1.29, 1.82) is 0 Å². The Bertz CT molecular complexity index is 3040. The van der Waals surface area contributed by atoms with Crippen molar-refractivity contribution < 1.29 is 43.9 Å². The lowest BCUT2D eigenvalue weighted by atomic mass is 10.1. The fourth-order valence-corrected chi connectivity index (χ4v) is 8.61. The fraction of sp³-hybridized carbons (Fsp3) is 0.316. The Labute approximate surface area is 469 Å². The van der Waals surface area contributed by atoms with Gasteiger partial charge < -0.3 is 45.5 Å². The van der Waals surface area contributed by atoms with Gasteiger partial charge in [0.05, 0.1) is 32.1 Å². The van der Waals surface area contributed by atoms with E-state index >= 15 is 0 Å². The molecule has 6 aromatic rings. The maximum atomic E-state index is 12.8. The van der Waals surface area contributed by atoms with Gasteiger partial charge in [0.2, 0.25) is 0 Å². The normalized spacial score (nSPS) is 11.5. The van der Waals surface area contributed by atoms with Gasteiger partial charge in [0.15, 0.2) is 36.1 Å². The number of benzene rings is 6. The highest BCUT2D eigenvalue weighted by atomic mass is 35.5. The largest absolute Gasteiger partial charge is 0.504 e. The first kappa shape index (κ1) is 61.8. The topological polar surface area (TPSA) is 176 Å². The van der Waals surface area contributed by atoms with Gasteiger partial charge in [0.25, 0.3) is 17.7 Å². The third-order valence-electron chi connectivity index (χ3n) is 11.7. The summed E-state index contributed by atoms with van der Waals surface area (Å²) in [6.07, 6.45) is 1.40. The molecular weight excluding hydrogens is 1080 g/mol. The van der Waals surface area contributed by atoms with Gasteiger partial charge in [-0.05, 0) is 151 Å². The average molecular weight is 1150 g/mol. The van der Waals surface area contributed by atoms with Crippen LogP contribution in [0.5, 0.6) is 34.5 Å². The van der Waals surface area contributed by atoms with Crippen LogP contribution in [0.1, 0.15) is 89.6 Å². The molecule has 2 atom stereocenters. The molecule has 18 heteroatoms. The number of hydrogen-bond acceptors (Lipinski definition) is 9. The Hall–Kier alpha value is -5.73. The van der Waals surface area contributed by atoms with Crippen LogP contribution in [-0.2, 0) is 14.4 Å². The molecule has 0 aromatic heterocycles. The van der Waals surface area contributed by atoms with Crippen molar-refractivity contribution in [3.05, 3.63) is 153 Å². The number of amides is 3. The van der Waals surface area contributed by atoms with Crippen LogP contribution in [0.25, 0.3) is 0 Å².